The minimum absolute atomic E-state index is 0.195. The smallest absolute Gasteiger partial charge is 0.226 e. The molecule has 5 heteroatoms. The maximum atomic E-state index is 5.87. The van der Waals surface area contributed by atoms with E-state index in [2.05, 4.69) is 35.2 Å². The molecule has 5 nitrogen and oxygen atoms in total. The van der Waals surface area contributed by atoms with E-state index in [0.717, 1.165) is 17.9 Å². The summed E-state index contributed by atoms with van der Waals surface area (Å²) in [6.45, 7) is 7.01. The van der Waals surface area contributed by atoms with Crippen molar-refractivity contribution >= 4 is 11.8 Å². The average molecular weight is 272 g/mol. The Labute approximate surface area is 119 Å². The molecule has 1 aromatic carbocycles. The number of hydrogen-bond donors (Lipinski definition) is 2. The molecule has 0 unspecified atom stereocenters. The summed E-state index contributed by atoms with van der Waals surface area (Å²) in [6.07, 6.45) is 0. The van der Waals surface area contributed by atoms with Crippen LogP contribution >= 0.6 is 0 Å². The Hall–Kier alpha value is -2.30. The monoisotopic (exact) mass is 272 g/mol. The Morgan fingerprint density at radius 2 is 2.00 bits per heavy atom. The topological polar surface area (TPSA) is 73.1 Å². The van der Waals surface area contributed by atoms with Crippen LogP contribution in [-0.2, 0) is 0 Å². The third kappa shape index (κ3) is 3.38. The molecule has 0 bridgehead atoms. The molecule has 0 radical (unpaired) electrons. The lowest BCUT2D eigenvalue weighted by Gasteiger charge is -2.13. The first kappa shape index (κ1) is 14.1. The van der Waals surface area contributed by atoms with Crippen molar-refractivity contribution in [3.05, 3.63) is 35.9 Å². The second-order valence-corrected chi connectivity index (χ2v) is 4.77. The molecule has 0 spiro atoms. The van der Waals surface area contributed by atoms with Gasteiger partial charge in [-0.15, -0.1) is 0 Å². The number of para-hydroxylation sites is 1. The summed E-state index contributed by atoms with van der Waals surface area (Å²) in [7, 11) is 0. The SMILES string of the molecule is CCNc1cc(Oc2ccccc2C(C)C)nc(N)n1. The molecule has 0 atom stereocenters. The molecule has 0 aliphatic carbocycles. The maximum Gasteiger partial charge on any atom is 0.226 e. The highest BCUT2D eigenvalue weighted by Crippen LogP contribution is 2.30. The van der Waals surface area contributed by atoms with Crippen LogP contribution in [0.25, 0.3) is 0 Å². The van der Waals surface area contributed by atoms with Crippen LogP contribution in [-0.4, -0.2) is 16.5 Å². The normalized spacial score (nSPS) is 10.6. The largest absolute Gasteiger partial charge is 0.438 e. The third-order valence-corrected chi connectivity index (χ3v) is 2.83. The van der Waals surface area contributed by atoms with E-state index in [1.165, 1.54) is 0 Å². The minimum Gasteiger partial charge on any atom is -0.438 e. The number of nitrogen functional groups attached to an aromatic ring is 1. The van der Waals surface area contributed by atoms with E-state index in [9.17, 15) is 0 Å². The molecule has 1 heterocycles. The van der Waals surface area contributed by atoms with Crippen molar-refractivity contribution in [1.29, 1.82) is 0 Å². The number of hydrogen-bond acceptors (Lipinski definition) is 5. The third-order valence-electron chi connectivity index (χ3n) is 2.83. The fourth-order valence-corrected chi connectivity index (χ4v) is 1.93. The highest BCUT2D eigenvalue weighted by Gasteiger charge is 2.10. The number of rotatable bonds is 5. The first-order valence-electron chi connectivity index (χ1n) is 6.75. The molecule has 0 aliphatic rings. The maximum absolute atomic E-state index is 5.87. The van der Waals surface area contributed by atoms with Crippen LogP contribution in [0, 0.1) is 0 Å². The van der Waals surface area contributed by atoms with Gasteiger partial charge < -0.3 is 15.8 Å². The molecule has 0 saturated carbocycles. The predicted molar refractivity (Wildman–Crippen MR) is 81.2 cm³/mol. The predicted octanol–water partition coefficient (Wildman–Crippen LogP) is 3.41. The van der Waals surface area contributed by atoms with E-state index in [1.54, 1.807) is 6.07 Å². The Kier molecular flexibility index (Phi) is 4.40. The standard InChI is InChI=1S/C15H20N4O/c1-4-17-13-9-14(19-15(16)18-13)20-12-8-6-5-7-11(12)10(2)3/h5-10H,4H2,1-3H3,(H3,16,17,18,19). The average Bonchev–Trinajstić information content (AvgIpc) is 2.38. The number of benzene rings is 1. The van der Waals surface area contributed by atoms with Gasteiger partial charge in [-0.3, -0.25) is 0 Å². The molecule has 3 N–H and O–H groups in total. The zero-order valence-electron chi connectivity index (χ0n) is 12.1. The Bertz CT molecular complexity index is 584. The van der Waals surface area contributed by atoms with E-state index in [-0.39, 0.29) is 5.95 Å². The first-order chi connectivity index (χ1) is 9.60. The quantitative estimate of drug-likeness (QED) is 0.872. The van der Waals surface area contributed by atoms with Gasteiger partial charge in [0.2, 0.25) is 11.8 Å². The Morgan fingerprint density at radius 1 is 1.25 bits per heavy atom. The highest BCUT2D eigenvalue weighted by atomic mass is 16.5. The molecule has 0 aliphatic heterocycles. The van der Waals surface area contributed by atoms with Crippen LogP contribution in [0.2, 0.25) is 0 Å². The molecule has 0 saturated heterocycles. The number of ether oxygens (including phenoxy) is 1. The molecule has 106 valence electrons. The lowest BCUT2D eigenvalue weighted by Crippen LogP contribution is -2.04. The fourth-order valence-electron chi connectivity index (χ4n) is 1.93. The van der Waals surface area contributed by atoms with Crippen molar-refractivity contribution in [2.45, 2.75) is 26.7 Å². The zero-order valence-corrected chi connectivity index (χ0v) is 12.1. The number of nitrogens with one attached hydrogen (secondary N) is 1. The molecule has 0 fully saturated rings. The van der Waals surface area contributed by atoms with E-state index in [0.29, 0.717) is 17.6 Å². The molecule has 2 rings (SSSR count). The van der Waals surface area contributed by atoms with Crippen molar-refractivity contribution in [1.82, 2.24) is 9.97 Å². The molecule has 0 amide bonds. The summed E-state index contributed by atoms with van der Waals surface area (Å²) in [6, 6.07) is 9.67. The van der Waals surface area contributed by atoms with Gasteiger partial charge in [0.1, 0.15) is 11.6 Å². The van der Waals surface area contributed by atoms with Gasteiger partial charge in [0.15, 0.2) is 0 Å². The van der Waals surface area contributed by atoms with Gasteiger partial charge in [-0.2, -0.15) is 9.97 Å². The Balaban J connectivity index is 2.30. The number of nitrogens with zero attached hydrogens (tertiary/aromatic N) is 2. The fraction of sp³-hybridized carbons (Fsp3) is 0.333. The van der Waals surface area contributed by atoms with Gasteiger partial charge in [0.25, 0.3) is 0 Å². The molecular formula is C15H20N4O. The zero-order chi connectivity index (χ0) is 14.5. The van der Waals surface area contributed by atoms with Crippen molar-refractivity contribution in [3.8, 4) is 11.6 Å². The molecule has 1 aromatic heterocycles. The number of anilines is 2. The Morgan fingerprint density at radius 3 is 2.70 bits per heavy atom. The summed E-state index contributed by atoms with van der Waals surface area (Å²) in [4.78, 5) is 8.21. The number of nitrogens with two attached hydrogens (primary N) is 1. The van der Waals surface area contributed by atoms with Gasteiger partial charge in [-0.05, 0) is 24.5 Å². The van der Waals surface area contributed by atoms with Crippen LogP contribution in [0.4, 0.5) is 11.8 Å². The van der Waals surface area contributed by atoms with Crippen molar-refractivity contribution < 1.29 is 4.74 Å². The van der Waals surface area contributed by atoms with Crippen LogP contribution in [0.3, 0.4) is 0 Å². The second kappa shape index (κ2) is 6.23. The van der Waals surface area contributed by atoms with Crippen molar-refractivity contribution in [3.63, 3.8) is 0 Å². The first-order valence-corrected chi connectivity index (χ1v) is 6.75. The molecule has 20 heavy (non-hydrogen) atoms. The molecular weight excluding hydrogens is 252 g/mol. The summed E-state index contributed by atoms with van der Waals surface area (Å²) < 4.78 is 5.87. The summed E-state index contributed by atoms with van der Waals surface area (Å²) in [5.74, 6) is 2.47. The van der Waals surface area contributed by atoms with Crippen LogP contribution in [0.5, 0.6) is 11.6 Å². The summed E-state index contributed by atoms with van der Waals surface area (Å²) in [5, 5.41) is 3.10. The number of aromatic nitrogens is 2. The van der Waals surface area contributed by atoms with E-state index in [1.807, 2.05) is 25.1 Å². The minimum atomic E-state index is 0.195. The van der Waals surface area contributed by atoms with Crippen molar-refractivity contribution in [2.24, 2.45) is 0 Å². The lowest BCUT2D eigenvalue weighted by atomic mass is 10.0. The summed E-state index contributed by atoms with van der Waals surface area (Å²) >= 11 is 0. The van der Waals surface area contributed by atoms with Gasteiger partial charge in [-0.25, -0.2) is 0 Å². The molecule has 2 aromatic rings. The van der Waals surface area contributed by atoms with Crippen molar-refractivity contribution in [2.75, 3.05) is 17.6 Å². The second-order valence-electron chi connectivity index (χ2n) is 4.77. The van der Waals surface area contributed by atoms with Gasteiger partial charge in [0, 0.05) is 12.6 Å². The van der Waals surface area contributed by atoms with Gasteiger partial charge in [0.05, 0.1) is 0 Å². The van der Waals surface area contributed by atoms with E-state index in [4.69, 9.17) is 10.5 Å². The van der Waals surface area contributed by atoms with Crippen LogP contribution in [0.15, 0.2) is 30.3 Å². The van der Waals surface area contributed by atoms with Crippen LogP contribution in [0.1, 0.15) is 32.3 Å². The van der Waals surface area contributed by atoms with E-state index >= 15 is 0 Å². The van der Waals surface area contributed by atoms with Gasteiger partial charge >= 0.3 is 0 Å². The highest BCUT2D eigenvalue weighted by molar-refractivity contribution is 5.45. The van der Waals surface area contributed by atoms with E-state index < -0.39 is 0 Å². The van der Waals surface area contributed by atoms with Gasteiger partial charge in [-0.1, -0.05) is 32.0 Å². The van der Waals surface area contributed by atoms with Crippen LogP contribution < -0.4 is 15.8 Å². The lowest BCUT2D eigenvalue weighted by molar-refractivity contribution is 0.454. The summed E-state index contributed by atoms with van der Waals surface area (Å²) in [5.41, 5.74) is 6.83.